The third-order valence-electron chi connectivity index (χ3n) is 2.76. The van der Waals surface area contributed by atoms with Crippen molar-refractivity contribution in [2.45, 2.75) is 33.1 Å². The Morgan fingerprint density at radius 2 is 2.05 bits per heavy atom. The normalized spacial score (nSPS) is 11.6. The van der Waals surface area contributed by atoms with Gasteiger partial charge in [0.05, 0.1) is 24.2 Å². The smallest absolute Gasteiger partial charge is 0.213 e. The van der Waals surface area contributed by atoms with E-state index in [2.05, 4.69) is 30.9 Å². The lowest BCUT2D eigenvalue weighted by molar-refractivity contribution is 0.327. The molecule has 5 nitrogen and oxygen atoms in total. The van der Waals surface area contributed by atoms with Crippen LogP contribution in [0.4, 0.5) is 5.82 Å². The number of aromatic nitrogens is 3. The fourth-order valence-electron chi connectivity index (χ4n) is 1.70. The van der Waals surface area contributed by atoms with Crippen LogP contribution in [0.5, 0.6) is 5.88 Å². The number of hydrogen-bond acceptors (Lipinski definition) is 4. The molecule has 0 aliphatic heterocycles. The van der Waals surface area contributed by atoms with Crippen LogP contribution in [-0.4, -0.2) is 21.4 Å². The molecule has 0 aromatic carbocycles. The summed E-state index contributed by atoms with van der Waals surface area (Å²) in [6.07, 6.45) is 1.71. The Morgan fingerprint density at radius 1 is 1.32 bits per heavy atom. The van der Waals surface area contributed by atoms with E-state index in [9.17, 15) is 0 Å². The molecule has 0 spiro atoms. The highest BCUT2D eigenvalue weighted by molar-refractivity contribution is 5.43. The minimum Gasteiger partial charge on any atom is -0.478 e. The van der Waals surface area contributed by atoms with E-state index in [1.807, 2.05) is 25.1 Å². The molecule has 0 aliphatic rings. The fraction of sp³-hybridized carbons (Fsp3) is 0.429. The van der Waals surface area contributed by atoms with Crippen LogP contribution in [0.15, 0.2) is 24.4 Å². The van der Waals surface area contributed by atoms with E-state index in [1.165, 1.54) is 0 Å². The second-order valence-electron chi connectivity index (χ2n) is 5.40. The predicted octanol–water partition coefficient (Wildman–Crippen LogP) is 2.55. The molecule has 5 heteroatoms. The summed E-state index contributed by atoms with van der Waals surface area (Å²) < 4.78 is 7.01. The largest absolute Gasteiger partial charge is 0.478 e. The number of nitrogens with two attached hydrogens (primary N) is 1. The lowest BCUT2D eigenvalue weighted by Crippen LogP contribution is -2.12. The van der Waals surface area contributed by atoms with Crippen molar-refractivity contribution >= 4 is 5.82 Å². The van der Waals surface area contributed by atoms with Crippen LogP contribution in [0.1, 0.15) is 33.4 Å². The number of anilines is 1. The fourth-order valence-corrected chi connectivity index (χ4v) is 1.70. The Hall–Kier alpha value is -2.04. The number of rotatable bonds is 3. The molecule has 19 heavy (non-hydrogen) atoms. The van der Waals surface area contributed by atoms with Gasteiger partial charge in [0.2, 0.25) is 5.88 Å². The van der Waals surface area contributed by atoms with Crippen molar-refractivity contribution in [1.29, 1.82) is 0 Å². The Kier molecular flexibility index (Phi) is 3.46. The second kappa shape index (κ2) is 4.91. The van der Waals surface area contributed by atoms with E-state index in [0.717, 1.165) is 11.4 Å². The molecule has 2 heterocycles. The monoisotopic (exact) mass is 260 g/mol. The standard InChI is InChI=1S/C14H20N4O/c1-5-19-13-7-6-10(9-16-13)18-12(15)8-11(17-18)14(2,3)4/h6-9H,5,15H2,1-4H3. The van der Waals surface area contributed by atoms with Crippen LogP contribution in [-0.2, 0) is 5.41 Å². The molecule has 2 rings (SSSR count). The maximum Gasteiger partial charge on any atom is 0.213 e. The summed E-state index contributed by atoms with van der Waals surface area (Å²) in [5.74, 6) is 1.21. The van der Waals surface area contributed by atoms with Crippen molar-refractivity contribution in [2.24, 2.45) is 0 Å². The number of hydrogen-bond donors (Lipinski definition) is 1. The zero-order valence-electron chi connectivity index (χ0n) is 11.8. The summed E-state index contributed by atoms with van der Waals surface area (Å²) in [4.78, 5) is 4.22. The summed E-state index contributed by atoms with van der Waals surface area (Å²) >= 11 is 0. The van der Waals surface area contributed by atoms with Gasteiger partial charge in [-0.05, 0) is 13.0 Å². The van der Waals surface area contributed by atoms with Gasteiger partial charge in [-0.15, -0.1) is 0 Å². The van der Waals surface area contributed by atoms with E-state index in [-0.39, 0.29) is 5.41 Å². The molecule has 102 valence electrons. The summed E-state index contributed by atoms with van der Waals surface area (Å²) in [7, 11) is 0. The minimum absolute atomic E-state index is 0.0297. The van der Waals surface area contributed by atoms with Crippen LogP contribution in [0, 0.1) is 0 Å². The van der Waals surface area contributed by atoms with Gasteiger partial charge in [-0.25, -0.2) is 9.67 Å². The predicted molar refractivity (Wildman–Crippen MR) is 75.6 cm³/mol. The zero-order chi connectivity index (χ0) is 14.0. The first-order valence-corrected chi connectivity index (χ1v) is 6.37. The quantitative estimate of drug-likeness (QED) is 0.921. The lowest BCUT2D eigenvalue weighted by Gasteiger charge is -2.14. The Morgan fingerprint density at radius 3 is 2.53 bits per heavy atom. The first-order chi connectivity index (χ1) is 8.91. The van der Waals surface area contributed by atoms with Gasteiger partial charge < -0.3 is 10.5 Å². The van der Waals surface area contributed by atoms with Crippen LogP contribution >= 0.6 is 0 Å². The van der Waals surface area contributed by atoms with Gasteiger partial charge >= 0.3 is 0 Å². The van der Waals surface area contributed by atoms with Crippen LogP contribution in [0.25, 0.3) is 5.69 Å². The molecule has 0 saturated carbocycles. The molecule has 0 unspecified atom stereocenters. The van der Waals surface area contributed by atoms with E-state index in [4.69, 9.17) is 10.5 Å². The number of pyridine rings is 1. The van der Waals surface area contributed by atoms with Crippen LogP contribution < -0.4 is 10.5 Å². The summed E-state index contributed by atoms with van der Waals surface area (Å²) in [6, 6.07) is 5.61. The third-order valence-corrected chi connectivity index (χ3v) is 2.76. The molecule has 0 amide bonds. The average Bonchev–Trinajstić information content (AvgIpc) is 2.73. The summed E-state index contributed by atoms with van der Waals surface area (Å²) in [6.45, 7) is 8.85. The molecule has 2 N–H and O–H groups in total. The van der Waals surface area contributed by atoms with Gasteiger partial charge in [0.15, 0.2) is 0 Å². The van der Waals surface area contributed by atoms with E-state index in [1.54, 1.807) is 10.9 Å². The van der Waals surface area contributed by atoms with Crippen molar-refractivity contribution in [1.82, 2.24) is 14.8 Å². The third kappa shape index (κ3) is 2.86. The van der Waals surface area contributed by atoms with E-state index in [0.29, 0.717) is 18.3 Å². The molecule has 2 aromatic heterocycles. The number of ether oxygens (including phenoxy) is 1. The number of nitrogen functional groups attached to an aromatic ring is 1. The van der Waals surface area contributed by atoms with Gasteiger partial charge in [0.25, 0.3) is 0 Å². The Bertz CT molecular complexity index is 552. The highest BCUT2D eigenvalue weighted by Crippen LogP contribution is 2.24. The van der Waals surface area contributed by atoms with E-state index >= 15 is 0 Å². The lowest BCUT2D eigenvalue weighted by atomic mass is 9.92. The van der Waals surface area contributed by atoms with Gasteiger partial charge in [0, 0.05) is 17.5 Å². The van der Waals surface area contributed by atoms with Crippen LogP contribution in [0.3, 0.4) is 0 Å². The molecule has 0 aliphatic carbocycles. The minimum atomic E-state index is -0.0297. The molecular formula is C14H20N4O. The van der Waals surface area contributed by atoms with Gasteiger partial charge in [-0.3, -0.25) is 0 Å². The second-order valence-corrected chi connectivity index (χ2v) is 5.40. The average molecular weight is 260 g/mol. The first kappa shape index (κ1) is 13.4. The topological polar surface area (TPSA) is 66.0 Å². The number of nitrogens with zero attached hydrogens (tertiary/aromatic N) is 3. The van der Waals surface area contributed by atoms with Gasteiger partial charge in [0.1, 0.15) is 5.82 Å². The van der Waals surface area contributed by atoms with Gasteiger partial charge in [-0.2, -0.15) is 5.10 Å². The molecule has 0 saturated heterocycles. The van der Waals surface area contributed by atoms with Crippen LogP contribution in [0.2, 0.25) is 0 Å². The molecule has 0 radical (unpaired) electrons. The molecular weight excluding hydrogens is 240 g/mol. The molecule has 0 bridgehead atoms. The first-order valence-electron chi connectivity index (χ1n) is 6.37. The van der Waals surface area contributed by atoms with Crippen molar-refractivity contribution < 1.29 is 4.74 Å². The van der Waals surface area contributed by atoms with E-state index < -0.39 is 0 Å². The van der Waals surface area contributed by atoms with Gasteiger partial charge in [-0.1, -0.05) is 20.8 Å². The SMILES string of the molecule is CCOc1ccc(-n2nc(C(C)(C)C)cc2N)cn1. The highest BCUT2D eigenvalue weighted by atomic mass is 16.5. The summed E-state index contributed by atoms with van der Waals surface area (Å²) in [5.41, 5.74) is 7.77. The molecule has 0 fully saturated rings. The Balaban J connectivity index is 2.34. The van der Waals surface area contributed by atoms with Crippen molar-refractivity contribution in [3.8, 4) is 11.6 Å². The Labute approximate surface area is 113 Å². The van der Waals surface area contributed by atoms with Crippen molar-refractivity contribution in [2.75, 3.05) is 12.3 Å². The highest BCUT2D eigenvalue weighted by Gasteiger charge is 2.19. The van der Waals surface area contributed by atoms with Crippen molar-refractivity contribution in [3.05, 3.63) is 30.1 Å². The summed E-state index contributed by atoms with van der Waals surface area (Å²) in [5, 5.41) is 4.54. The zero-order valence-corrected chi connectivity index (χ0v) is 11.8. The molecule has 2 aromatic rings. The van der Waals surface area contributed by atoms with Crippen molar-refractivity contribution in [3.63, 3.8) is 0 Å². The maximum atomic E-state index is 6.01. The molecule has 0 atom stereocenters. The maximum absolute atomic E-state index is 6.01.